The zero-order chi connectivity index (χ0) is 48.6. The second kappa shape index (κ2) is 17.0. The van der Waals surface area contributed by atoms with Gasteiger partial charge in [0.1, 0.15) is 11.5 Å². The number of nitrogens with one attached hydrogen (secondary N) is 1. The fourth-order valence-electron chi connectivity index (χ4n) is 9.94. The third-order valence-corrected chi connectivity index (χ3v) is 13.4. The number of hydrogen-bond acceptors (Lipinski definition) is 11. The van der Waals surface area contributed by atoms with E-state index in [0.29, 0.717) is 28.6 Å². The predicted octanol–water partition coefficient (Wildman–Crippen LogP) is 10.7. The van der Waals surface area contributed by atoms with Crippen molar-refractivity contribution < 1.29 is 55.4 Å². The first-order valence-corrected chi connectivity index (χ1v) is 21.5. The van der Waals surface area contributed by atoms with E-state index in [-0.39, 0.29) is 40.3 Å². The molecule has 5 aromatic rings. The fourth-order valence-corrected chi connectivity index (χ4v) is 10.3. The highest BCUT2D eigenvalue weighted by Crippen LogP contribution is 2.65. The number of phenols is 1. The number of amides is 4. The number of pyridine rings is 1. The fraction of sp³-hybridized carbons (Fsp3) is 0.255. The molecule has 6 atom stereocenters. The zero-order valence-electron chi connectivity index (χ0n) is 35.4. The lowest BCUT2D eigenvalue weighted by Crippen LogP contribution is -2.53. The molecule has 0 radical (unpaired) electrons. The van der Waals surface area contributed by atoms with Gasteiger partial charge in [0.25, 0.3) is 11.8 Å². The molecule has 1 saturated carbocycles. The van der Waals surface area contributed by atoms with Gasteiger partial charge >= 0.3 is 12.5 Å². The minimum absolute atomic E-state index is 0.0942. The molecule has 350 valence electrons. The van der Waals surface area contributed by atoms with E-state index in [0.717, 1.165) is 28.8 Å². The maximum atomic E-state index is 15.4. The lowest BCUT2D eigenvalue weighted by molar-refractivity contribution is -0.274. The summed E-state index contributed by atoms with van der Waals surface area (Å²) in [5.74, 6) is -11.5. The Kier molecular flexibility index (Phi) is 11.5. The van der Waals surface area contributed by atoms with E-state index in [1.54, 1.807) is 30.3 Å². The number of benzene rings is 4. The van der Waals surface area contributed by atoms with Crippen LogP contribution in [0.1, 0.15) is 35.4 Å². The van der Waals surface area contributed by atoms with Crippen LogP contribution in [0.2, 0.25) is 10.0 Å². The minimum Gasteiger partial charge on any atom is -0.508 e. The molecule has 2 aliphatic carbocycles. The zero-order valence-corrected chi connectivity index (χ0v) is 36.9. The van der Waals surface area contributed by atoms with Gasteiger partial charge in [-0.15, -0.1) is 13.2 Å². The van der Waals surface area contributed by atoms with Gasteiger partial charge < -0.3 is 14.7 Å². The molecule has 68 heavy (non-hydrogen) atoms. The Balaban J connectivity index is 1.14. The molecule has 0 spiro atoms. The van der Waals surface area contributed by atoms with Crippen molar-refractivity contribution in [3.63, 3.8) is 0 Å². The molecule has 0 unspecified atom stereocenters. The Morgan fingerprint density at radius 2 is 1.47 bits per heavy atom. The summed E-state index contributed by atoms with van der Waals surface area (Å²) >= 11 is 12.5. The van der Waals surface area contributed by atoms with Crippen molar-refractivity contribution in [2.24, 2.45) is 33.9 Å². The first kappa shape index (κ1) is 46.1. The summed E-state index contributed by atoms with van der Waals surface area (Å²) in [5, 5.41) is 20.3. The normalized spacial score (nSPS) is 23.7. The Hall–Kier alpha value is -6.99. The van der Waals surface area contributed by atoms with Crippen LogP contribution in [0.4, 0.5) is 54.9 Å². The van der Waals surface area contributed by atoms with Crippen LogP contribution in [0.15, 0.2) is 125 Å². The van der Waals surface area contributed by atoms with E-state index in [1.165, 1.54) is 36.4 Å². The van der Waals surface area contributed by atoms with E-state index < -0.39 is 99.1 Å². The molecule has 4 amide bonds. The maximum Gasteiger partial charge on any atom is 0.573 e. The highest BCUT2D eigenvalue weighted by molar-refractivity contribution is 6.33. The molecular formula is C47H35Cl2F6N7O6. The van der Waals surface area contributed by atoms with E-state index in [2.05, 4.69) is 25.4 Å². The van der Waals surface area contributed by atoms with Gasteiger partial charge in [0.05, 0.1) is 50.8 Å². The number of rotatable bonds is 9. The number of allylic oxidation sites excluding steroid dienone is 2. The van der Waals surface area contributed by atoms with Crippen LogP contribution >= 0.6 is 23.2 Å². The van der Waals surface area contributed by atoms with Gasteiger partial charge in [-0.3, -0.25) is 29.5 Å². The molecule has 21 heteroatoms. The van der Waals surface area contributed by atoms with Gasteiger partial charge in [-0.25, -0.2) is 4.98 Å². The van der Waals surface area contributed by atoms with Gasteiger partial charge in [0.15, 0.2) is 5.82 Å². The number of aromatic nitrogens is 1. The van der Waals surface area contributed by atoms with Crippen LogP contribution in [0.25, 0.3) is 0 Å². The van der Waals surface area contributed by atoms with E-state index in [9.17, 15) is 45.8 Å². The number of anilines is 3. The Labute approximate surface area is 392 Å². The van der Waals surface area contributed by atoms with Crippen LogP contribution in [0.5, 0.6) is 11.5 Å². The van der Waals surface area contributed by atoms with Crippen molar-refractivity contribution in [3.05, 3.63) is 142 Å². The van der Waals surface area contributed by atoms with E-state index in [1.807, 2.05) is 31.1 Å². The smallest absolute Gasteiger partial charge is 0.508 e. The van der Waals surface area contributed by atoms with Gasteiger partial charge in [-0.2, -0.15) is 28.4 Å². The molecule has 3 heterocycles. The SMILES string of the molecule is CN(C)c1ccc(N=Nc2ccc(N3C(=O)[C@H]4[C@H](CC=C5[C@H]4C[C@H]4C(=O)N(Nc6ncc(C(F)(F)F)cc6Cl)C(=O)[C@@]4(c4ccc(Cl)cc4)[C@H]5c4cc(OC(F)(F)F)ccc4O)C3=O)cc2)cc1. The summed E-state index contributed by atoms with van der Waals surface area (Å²) in [6.45, 7) is 0. The topological polar surface area (TPSA) is 157 Å². The number of phenolic OH excluding ortho intramolecular Hbond substituents is 1. The number of nitrogens with zero attached hydrogens (tertiary/aromatic N) is 6. The summed E-state index contributed by atoms with van der Waals surface area (Å²) < 4.78 is 86.3. The quantitative estimate of drug-likeness (QED) is 0.0635. The van der Waals surface area contributed by atoms with Crippen molar-refractivity contribution >= 4 is 75.4 Å². The molecular weight excluding hydrogens is 943 g/mol. The maximum absolute atomic E-state index is 15.4. The summed E-state index contributed by atoms with van der Waals surface area (Å²) in [5.41, 5.74) is 1.29. The second-order valence-electron chi connectivity index (χ2n) is 16.8. The molecule has 9 rings (SSSR count). The first-order valence-electron chi connectivity index (χ1n) is 20.8. The van der Waals surface area contributed by atoms with Crippen molar-refractivity contribution in [2.75, 3.05) is 29.3 Å². The molecule has 13 nitrogen and oxygen atoms in total. The monoisotopic (exact) mass is 977 g/mol. The molecule has 2 aliphatic heterocycles. The average molecular weight is 979 g/mol. The first-order chi connectivity index (χ1) is 32.2. The molecule has 3 fully saturated rings. The summed E-state index contributed by atoms with van der Waals surface area (Å²) in [6.07, 6.45) is -8.41. The van der Waals surface area contributed by atoms with E-state index >= 15 is 4.79 Å². The van der Waals surface area contributed by atoms with Crippen molar-refractivity contribution in [1.82, 2.24) is 9.99 Å². The number of carbonyl (C=O) groups excluding carboxylic acids is 4. The van der Waals surface area contributed by atoms with Gasteiger partial charge in [-0.1, -0.05) is 47.0 Å². The molecule has 2 N–H and O–H groups in total. The third-order valence-electron chi connectivity index (χ3n) is 12.9. The van der Waals surface area contributed by atoms with Crippen LogP contribution < -0.4 is 20.0 Å². The number of alkyl halides is 6. The van der Waals surface area contributed by atoms with Crippen molar-refractivity contribution in [1.29, 1.82) is 0 Å². The molecule has 4 aromatic carbocycles. The number of azo groups is 1. The molecule has 1 aromatic heterocycles. The number of halogens is 8. The number of hydrogen-bond donors (Lipinski definition) is 2. The summed E-state index contributed by atoms with van der Waals surface area (Å²) in [6, 6.07) is 22.4. The highest BCUT2D eigenvalue weighted by Gasteiger charge is 2.71. The van der Waals surface area contributed by atoms with Crippen LogP contribution in [-0.2, 0) is 30.8 Å². The van der Waals surface area contributed by atoms with Crippen molar-refractivity contribution in [3.8, 4) is 11.5 Å². The lowest BCUT2D eigenvalue weighted by Gasteiger charge is -2.50. The van der Waals surface area contributed by atoms with Gasteiger partial charge in [0, 0.05) is 42.5 Å². The number of hydrazine groups is 1. The number of ether oxygens (including phenoxy) is 1. The highest BCUT2D eigenvalue weighted by atomic mass is 35.5. The third kappa shape index (κ3) is 7.95. The van der Waals surface area contributed by atoms with Crippen LogP contribution in [0.3, 0.4) is 0 Å². The largest absolute Gasteiger partial charge is 0.573 e. The number of aromatic hydroxyl groups is 1. The predicted molar refractivity (Wildman–Crippen MR) is 236 cm³/mol. The van der Waals surface area contributed by atoms with Gasteiger partial charge in [0.2, 0.25) is 11.8 Å². The van der Waals surface area contributed by atoms with Crippen molar-refractivity contribution in [2.45, 2.75) is 36.7 Å². The minimum atomic E-state index is -5.20. The Morgan fingerprint density at radius 3 is 2.07 bits per heavy atom. The van der Waals surface area contributed by atoms with Gasteiger partial charge in [-0.05, 0) is 109 Å². The van der Waals surface area contributed by atoms with Crippen LogP contribution in [-0.4, -0.2) is 59.2 Å². The Morgan fingerprint density at radius 1 is 0.824 bits per heavy atom. The molecule has 0 bridgehead atoms. The summed E-state index contributed by atoms with van der Waals surface area (Å²) in [7, 11) is 3.81. The van der Waals surface area contributed by atoms with E-state index in [4.69, 9.17) is 23.2 Å². The lowest BCUT2D eigenvalue weighted by atomic mass is 9.49. The average Bonchev–Trinajstić information content (AvgIpc) is 3.67. The summed E-state index contributed by atoms with van der Waals surface area (Å²) in [4.78, 5) is 66.3. The number of imide groups is 2. The second-order valence-corrected chi connectivity index (χ2v) is 17.7. The standard InChI is InChI=1S/C47H35Cl2F6N7O6/c1-60(2)28-11-7-26(8-12-28)57-58-27-9-13-29(14-10-27)61-41(64)32-17-16-31-33(38(32)43(61)66)21-35-42(65)62(59-40-36(49)19-24(22-56-40)46(50,51)52)44(67)45(35,23-3-5-25(48)6-4-23)39(31)34-20-30(15-18-37(34)63)68-47(53,54)55/h3-16,18-20,22,32-33,35,38-39,63H,17,21H2,1-2H3,(H,56,59)/t32-,33+,35-,38-,39+,45+/m0/s1. The molecule has 2 saturated heterocycles. The van der Waals surface area contributed by atoms with Crippen LogP contribution in [0, 0.1) is 23.7 Å². The Bertz CT molecular complexity index is 2930. The number of fused-ring (bicyclic) bond motifs is 4. The number of carbonyl (C=O) groups is 4. The molecule has 4 aliphatic rings.